The Morgan fingerprint density at radius 3 is 2.44 bits per heavy atom. The van der Waals surface area contributed by atoms with Crippen LogP contribution in [0.1, 0.15) is 23.0 Å². The number of carbonyl (C=O) groups excluding carboxylic acids is 1. The summed E-state index contributed by atoms with van der Waals surface area (Å²) in [5.74, 6) is 0.203. The molecule has 1 aliphatic heterocycles. The Morgan fingerprint density at radius 2 is 1.82 bits per heavy atom. The second kappa shape index (κ2) is 10.4. The van der Waals surface area contributed by atoms with Gasteiger partial charge in [-0.1, -0.05) is 24.6 Å². The number of anilines is 1. The van der Waals surface area contributed by atoms with Gasteiger partial charge in [0.15, 0.2) is 0 Å². The maximum Gasteiger partial charge on any atom is 0.255 e. The third-order valence-electron chi connectivity index (χ3n) is 5.86. The minimum absolute atomic E-state index is 0.215. The fourth-order valence-electron chi connectivity index (χ4n) is 4.10. The number of alkyl halides is 2. The molecule has 0 aliphatic carbocycles. The Hall–Kier alpha value is -3.17. The minimum atomic E-state index is -2.38. The molecule has 2 aromatic heterocycles. The minimum Gasteiger partial charge on any atom is -0.384 e. The zero-order valence-electron chi connectivity index (χ0n) is 18.7. The van der Waals surface area contributed by atoms with E-state index in [9.17, 15) is 13.6 Å². The van der Waals surface area contributed by atoms with Gasteiger partial charge in [0.1, 0.15) is 12.1 Å². The molecule has 3 heterocycles. The quantitative estimate of drug-likeness (QED) is 0.566. The van der Waals surface area contributed by atoms with E-state index in [1.165, 1.54) is 6.33 Å². The second-order valence-electron chi connectivity index (χ2n) is 8.05. The molecule has 10 heteroatoms. The second-order valence-corrected chi connectivity index (χ2v) is 8.45. The number of hydrogen-bond acceptors (Lipinski definition) is 6. The fraction of sp³-hybridized carbons (Fsp3) is 0.333. The number of piperazine rings is 1. The van der Waals surface area contributed by atoms with Gasteiger partial charge < -0.3 is 10.6 Å². The maximum absolute atomic E-state index is 13.0. The molecule has 7 nitrogen and oxygen atoms in total. The van der Waals surface area contributed by atoms with Gasteiger partial charge in [-0.15, -0.1) is 0 Å². The van der Waals surface area contributed by atoms with Crippen LogP contribution in [0.25, 0.3) is 22.4 Å². The molecule has 0 saturated carbocycles. The highest BCUT2D eigenvalue weighted by Gasteiger charge is 2.25. The number of halogens is 3. The zero-order valence-corrected chi connectivity index (χ0v) is 19.5. The average molecular weight is 487 g/mol. The van der Waals surface area contributed by atoms with Crippen molar-refractivity contribution in [1.82, 2.24) is 24.8 Å². The molecule has 1 fully saturated rings. The Kier molecular flexibility index (Phi) is 7.33. The van der Waals surface area contributed by atoms with Crippen LogP contribution >= 0.6 is 11.6 Å². The predicted octanol–water partition coefficient (Wildman–Crippen LogP) is 4.03. The highest BCUT2D eigenvalue weighted by Crippen LogP contribution is 2.34. The van der Waals surface area contributed by atoms with Crippen LogP contribution in [0.15, 0.2) is 42.9 Å². The van der Waals surface area contributed by atoms with Crippen LogP contribution < -0.4 is 5.73 Å². The number of nitrogens with two attached hydrogens (primary N) is 1. The van der Waals surface area contributed by atoms with E-state index in [1.54, 1.807) is 34.2 Å². The number of rotatable bonds is 6. The third kappa shape index (κ3) is 5.15. The van der Waals surface area contributed by atoms with E-state index in [1.807, 2.05) is 19.1 Å². The molecule has 4 rings (SSSR count). The molecule has 1 aliphatic rings. The summed E-state index contributed by atoms with van der Waals surface area (Å²) >= 11 is 6.55. The number of amides is 1. The molecular weight excluding hydrogens is 462 g/mol. The highest BCUT2D eigenvalue weighted by molar-refractivity contribution is 6.34. The van der Waals surface area contributed by atoms with E-state index in [2.05, 4.69) is 15.0 Å². The molecule has 0 bridgehead atoms. The van der Waals surface area contributed by atoms with Crippen LogP contribution in [0.5, 0.6) is 0 Å². The molecule has 1 amide bonds. The highest BCUT2D eigenvalue weighted by atomic mass is 35.5. The first-order chi connectivity index (χ1) is 16.4. The number of aryl methyl sites for hydroxylation is 1. The number of benzene rings is 1. The molecule has 0 radical (unpaired) electrons. The lowest BCUT2D eigenvalue weighted by molar-refractivity contribution is 0.0459. The van der Waals surface area contributed by atoms with Gasteiger partial charge >= 0.3 is 0 Å². The lowest BCUT2D eigenvalue weighted by atomic mass is 9.97. The summed E-state index contributed by atoms with van der Waals surface area (Å²) in [4.78, 5) is 29.5. The summed E-state index contributed by atoms with van der Waals surface area (Å²) in [5.41, 5.74) is 10.1. The van der Waals surface area contributed by atoms with Gasteiger partial charge in [0.05, 0.1) is 28.5 Å². The molecule has 1 saturated heterocycles. The molecule has 34 heavy (non-hydrogen) atoms. The normalized spacial score (nSPS) is 14.6. The van der Waals surface area contributed by atoms with Gasteiger partial charge in [-0.05, 0) is 30.7 Å². The topological polar surface area (TPSA) is 88.2 Å². The van der Waals surface area contributed by atoms with Gasteiger partial charge in [0.2, 0.25) is 0 Å². The van der Waals surface area contributed by atoms with Crippen molar-refractivity contribution in [3.05, 3.63) is 59.1 Å². The first kappa shape index (κ1) is 24.0. The standard InChI is InChI=1S/C24H25ClF2N6O/c1-2-19-22(16-4-6-21(28)29-12-16)23(31-14-30-19)15-3-5-17(18(25)11-15)24(34)33-9-7-32(8-10-33)13-20(26)27/h3-6,11-12,14,20H,2,7-10,13H2,1H3,(H2,28,29). The number of pyridine rings is 1. The van der Waals surface area contributed by atoms with Crippen molar-refractivity contribution < 1.29 is 13.6 Å². The van der Waals surface area contributed by atoms with Crippen molar-refractivity contribution in [3.63, 3.8) is 0 Å². The number of aromatic nitrogens is 3. The Labute approximate surface area is 201 Å². The predicted molar refractivity (Wildman–Crippen MR) is 128 cm³/mol. The first-order valence-corrected chi connectivity index (χ1v) is 11.4. The summed E-state index contributed by atoms with van der Waals surface area (Å²) in [6.45, 7) is 3.31. The molecule has 2 N–H and O–H groups in total. The average Bonchev–Trinajstić information content (AvgIpc) is 2.84. The maximum atomic E-state index is 13.0. The molecule has 3 aromatic rings. The summed E-state index contributed by atoms with van der Waals surface area (Å²) in [6.07, 6.45) is 1.50. The van der Waals surface area contributed by atoms with Crippen LogP contribution in [-0.4, -0.2) is 69.8 Å². The summed E-state index contributed by atoms with van der Waals surface area (Å²) in [6, 6.07) is 8.81. The largest absolute Gasteiger partial charge is 0.384 e. The van der Waals surface area contributed by atoms with E-state index in [-0.39, 0.29) is 12.5 Å². The number of hydrogen-bond donors (Lipinski definition) is 1. The lowest BCUT2D eigenvalue weighted by Crippen LogP contribution is -2.49. The summed E-state index contributed by atoms with van der Waals surface area (Å²) in [7, 11) is 0. The van der Waals surface area contributed by atoms with E-state index in [0.717, 1.165) is 22.4 Å². The number of nitrogen functional groups attached to an aromatic ring is 1. The molecule has 1 aromatic carbocycles. The number of nitrogens with zero attached hydrogens (tertiary/aromatic N) is 5. The van der Waals surface area contributed by atoms with Crippen LogP contribution in [0.3, 0.4) is 0 Å². The molecule has 0 atom stereocenters. The van der Waals surface area contributed by atoms with E-state index in [0.29, 0.717) is 54.7 Å². The Morgan fingerprint density at radius 1 is 1.09 bits per heavy atom. The van der Waals surface area contributed by atoms with E-state index < -0.39 is 6.43 Å². The lowest BCUT2D eigenvalue weighted by Gasteiger charge is -2.34. The summed E-state index contributed by atoms with van der Waals surface area (Å²) in [5, 5.41) is 0.301. The molecule has 178 valence electrons. The van der Waals surface area contributed by atoms with E-state index >= 15 is 0 Å². The van der Waals surface area contributed by atoms with Crippen LogP contribution in [-0.2, 0) is 6.42 Å². The third-order valence-corrected chi connectivity index (χ3v) is 6.18. The molecular formula is C24H25ClF2N6O. The van der Waals surface area contributed by atoms with Crippen molar-refractivity contribution in [2.45, 2.75) is 19.8 Å². The van der Waals surface area contributed by atoms with Gasteiger partial charge in [0.25, 0.3) is 12.3 Å². The molecule has 0 spiro atoms. The van der Waals surface area contributed by atoms with Crippen LogP contribution in [0.4, 0.5) is 14.6 Å². The van der Waals surface area contributed by atoms with Gasteiger partial charge in [-0.25, -0.2) is 23.7 Å². The van der Waals surface area contributed by atoms with Gasteiger partial charge in [-0.3, -0.25) is 9.69 Å². The van der Waals surface area contributed by atoms with Crippen LogP contribution in [0, 0.1) is 0 Å². The van der Waals surface area contributed by atoms with Crippen molar-refractivity contribution in [3.8, 4) is 22.4 Å². The molecule has 0 unspecified atom stereocenters. The van der Waals surface area contributed by atoms with E-state index in [4.69, 9.17) is 17.3 Å². The Bertz CT molecular complexity index is 1170. The number of carbonyl (C=O) groups is 1. The van der Waals surface area contributed by atoms with Crippen LogP contribution in [0.2, 0.25) is 5.02 Å². The Balaban J connectivity index is 1.61. The fourth-order valence-corrected chi connectivity index (χ4v) is 4.36. The SMILES string of the molecule is CCc1ncnc(-c2ccc(C(=O)N3CCN(CC(F)F)CC3)c(Cl)c2)c1-c1ccc(N)nc1. The van der Waals surface area contributed by atoms with Crippen molar-refractivity contribution in [2.75, 3.05) is 38.5 Å². The monoisotopic (exact) mass is 486 g/mol. The van der Waals surface area contributed by atoms with Crippen molar-refractivity contribution in [1.29, 1.82) is 0 Å². The summed E-state index contributed by atoms with van der Waals surface area (Å²) < 4.78 is 25.2. The van der Waals surface area contributed by atoms with Crippen molar-refractivity contribution in [2.24, 2.45) is 0 Å². The first-order valence-electron chi connectivity index (χ1n) is 11.0. The zero-order chi connectivity index (χ0) is 24.2. The van der Waals surface area contributed by atoms with Crippen molar-refractivity contribution >= 4 is 23.3 Å². The smallest absolute Gasteiger partial charge is 0.255 e. The van der Waals surface area contributed by atoms with Gasteiger partial charge in [-0.2, -0.15) is 0 Å². The van der Waals surface area contributed by atoms with Gasteiger partial charge in [0, 0.05) is 49.1 Å².